The van der Waals surface area contributed by atoms with Crippen LogP contribution in [-0.2, 0) is 14.3 Å². The number of anilines is 1. The van der Waals surface area contributed by atoms with Crippen molar-refractivity contribution >= 4 is 17.6 Å². The highest BCUT2D eigenvalue weighted by Crippen LogP contribution is 2.15. The molecule has 0 saturated carbocycles. The monoisotopic (exact) mass is 365 g/mol. The number of ether oxygens (including phenoxy) is 1. The third-order valence-corrected chi connectivity index (χ3v) is 4.52. The molecule has 0 aliphatic carbocycles. The molecule has 1 aromatic heterocycles. The fraction of sp³-hybridized carbons (Fsp3) is 0.737. The van der Waals surface area contributed by atoms with Crippen molar-refractivity contribution in [1.29, 1.82) is 0 Å². The van der Waals surface area contributed by atoms with Crippen LogP contribution in [0, 0.1) is 6.92 Å². The molecule has 2 amide bonds. The van der Waals surface area contributed by atoms with Crippen molar-refractivity contribution in [3.63, 3.8) is 0 Å². The summed E-state index contributed by atoms with van der Waals surface area (Å²) in [5.74, 6) is 0.746. The van der Waals surface area contributed by atoms with Gasteiger partial charge in [0.1, 0.15) is 5.76 Å². The molecule has 26 heavy (non-hydrogen) atoms. The van der Waals surface area contributed by atoms with Crippen molar-refractivity contribution in [2.75, 3.05) is 25.0 Å². The van der Waals surface area contributed by atoms with Gasteiger partial charge in [0.25, 0.3) is 0 Å². The molecule has 0 spiro atoms. The minimum atomic E-state index is -0.268. The first-order valence-corrected chi connectivity index (χ1v) is 9.71. The highest BCUT2D eigenvalue weighted by Gasteiger charge is 2.24. The Hall–Kier alpha value is -1.89. The zero-order chi connectivity index (χ0) is 18.8. The van der Waals surface area contributed by atoms with Gasteiger partial charge >= 0.3 is 0 Å². The van der Waals surface area contributed by atoms with E-state index >= 15 is 0 Å². The lowest BCUT2D eigenvalue weighted by molar-refractivity contribution is -0.136. The Bertz CT molecular complexity index is 567. The molecule has 146 valence electrons. The Labute approximate surface area is 155 Å². The molecular formula is C19H31N3O4. The van der Waals surface area contributed by atoms with Crippen molar-refractivity contribution in [3.8, 4) is 0 Å². The largest absolute Gasteiger partial charge is 0.376 e. The number of nitrogens with one attached hydrogen (secondary N) is 1. The van der Waals surface area contributed by atoms with Crippen LogP contribution in [0.25, 0.3) is 0 Å². The lowest BCUT2D eigenvalue weighted by Gasteiger charge is -2.25. The van der Waals surface area contributed by atoms with Crippen molar-refractivity contribution in [1.82, 2.24) is 10.1 Å². The summed E-state index contributed by atoms with van der Waals surface area (Å²) in [7, 11) is 0. The summed E-state index contributed by atoms with van der Waals surface area (Å²) < 4.78 is 10.6. The van der Waals surface area contributed by atoms with Crippen molar-refractivity contribution in [2.24, 2.45) is 0 Å². The van der Waals surface area contributed by atoms with Crippen LogP contribution in [-0.4, -0.2) is 47.7 Å². The lowest BCUT2D eigenvalue weighted by Crippen LogP contribution is -2.42. The zero-order valence-corrected chi connectivity index (χ0v) is 16.0. The van der Waals surface area contributed by atoms with Crippen LogP contribution in [0.2, 0.25) is 0 Å². The molecule has 1 fully saturated rings. The van der Waals surface area contributed by atoms with Gasteiger partial charge in [-0.1, -0.05) is 37.8 Å². The summed E-state index contributed by atoms with van der Waals surface area (Å²) in [5.41, 5.74) is 0. The number of aromatic nitrogens is 1. The van der Waals surface area contributed by atoms with Gasteiger partial charge in [0.15, 0.2) is 5.82 Å². The van der Waals surface area contributed by atoms with E-state index in [0.717, 1.165) is 38.7 Å². The Morgan fingerprint density at radius 1 is 1.31 bits per heavy atom. The van der Waals surface area contributed by atoms with E-state index in [9.17, 15) is 9.59 Å². The zero-order valence-electron chi connectivity index (χ0n) is 16.0. The van der Waals surface area contributed by atoms with Crippen LogP contribution in [0.1, 0.15) is 64.1 Å². The van der Waals surface area contributed by atoms with Crippen molar-refractivity contribution in [3.05, 3.63) is 11.8 Å². The van der Waals surface area contributed by atoms with E-state index in [1.165, 1.54) is 12.8 Å². The number of nitrogens with zero attached hydrogens (tertiary/aromatic N) is 2. The van der Waals surface area contributed by atoms with Crippen molar-refractivity contribution < 1.29 is 18.8 Å². The molecule has 2 heterocycles. The SMILES string of the molecule is CCCCCCCC(=O)N(CC(=O)Nc1cc(C)on1)C[C@@H]1CCCO1. The molecule has 1 saturated heterocycles. The summed E-state index contributed by atoms with van der Waals surface area (Å²) in [6, 6.07) is 1.65. The summed E-state index contributed by atoms with van der Waals surface area (Å²) in [6.45, 7) is 5.14. The smallest absolute Gasteiger partial charge is 0.245 e. The number of unbranched alkanes of at least 4 members (excludes halogenated alkanes) is 4. The molecule has 0 unspecified atom stereocenters. The van der Waals surface area contributed by atoms with Crippen LogP contribution >= 0.6 is 0 Å². The van der Waals surface area contributed by atoms with Gasteiger partial charge in [-0.05, 0) is 26.2 Å². The van der Waals surface area contributed by atoms with Crippen LogP contribution in [0.4, 0.5) is 5.82 Å². The third-order valence-electron chi connectivity index (χ3n) is 4.52. The van der Waals surface area contributed by atoms with Gasteiger partial charge in [-0.25, -0.2) is 0 Å². The van der Waals surface area contributed by atoms with Gasteiger partial charge in [-0.15, -0.1) is 0 Å². The summed E-state index contributed by atoms with van der Waals surface area (Å²) in [5, 5.41) is 6.43. The molecular weight excluding hydrogens is 334 g/mol. The van der Waals surface area contributed by atoms with Gasteiger partial charge in [-0.3, -0.25) is 9.59 Å². The quantitative estimate of drug-likeness (QED) is 0.608. The van der Waals surface area contributed by atoms with Gasteiger partial charge in [0.05, 0.1) is 12.6 Å². The van der Waals surface area contributed by atoms with Crippen molar-refractivity contribution in [2.45, 2.75) is 71.3 Å². The van der Waals surface area contributed by atoms with E-state index in [0.29, 0.717) is 24.5 Å². The molecule has 1 aliphatic heterocycles. The number of carbonyl (C=O) groups excluding carboxylic acids is 2. The summed E-state index contributed by atoms with van der Waals surface area (Å²) in [4.78, 5) is 26.5. The minimum Gasteiger partial charge on any atom is -0.376 e. The molecule has 7 heteroatoms. The van der Waals surface area contributed by atoms with E-state index in [1.807, 2.05) is 0 Å². The molecule has 0 bridgehead atoms. The Kier molecular flexibility index (Phi) is 8.61. The van der Waals surface area contributed by atoms with Gasteiger partial charge < -0.3 is 19.5 Å². The molecule has 1 aliphatic rings. The third kappa shape index (κ3) is 7.15. The molecule has 1 N–H and O–H groups in total. The average molecular weight is 365 g/mol. The minimum absolute atomic E-state index is 0.0135. The predicted octanol–water partition coefficient (Wildman–Crippen LogP) is 3.29. The van der Waals surface area contributed by atoms with E-state index in [1.54, 1.807) is 17.9 Å². The molecule has 0 aromatic carbocycles. The van der Waals surface area contributed by atoms with E-state index in [4.69, 9.17) is 9.26 Å². The molecule has 1 aromatic rings. The second-order valence-electron chi connectivity index (χ2n) is 6.94. The number of hydrogen-bond donors (Lipinski definition) is 1. The Morgan fingerprint density at radius 2 is 2.12 bits per heavy atom. The highest BCUT2D eigenvalue weighted by molar-refractivity contribution is 5.93. The first kappa shape index (κ1) is 20.4. The maximum atomic E-state index is 12.6. The van der Waals surface area contributed by atoms with E-state index in [-0.39, 0.29) is 24.5 Å². The molecule has 1 atom stereocenters. The summed E-state index contributed by atoms with van der Waals surface area (Å²) >= 11 is 0. The van der Waals surface area contributed by atoms with Gasteiger partial charge in [0.2, 0.25) is 11.8 Å². The van der Waals surface area contributed by atoms with Crippen LogP contribution in [0.15, 0.2) is 10.6 Å². The number of aryl methyl sites for hydroxylation is 1. The van der Waals surface area contributed by atoms with Crippen LogP contribution in [0.5, 0.6) is 0 Å². The second-order valence-corrected chi connectivity index (χ2v) is 6.94. The predicted molar refractivity (Wildman–Crippen MR) is 98.8 cm³/mol. The normalized spacial score (nSPS) is 16.6. The molecule has 7 nitrogen and oxygen atoms in total. The maximum Gasteiger partial charge on any atom is 0.245 e. The standard InChI is InChI=1S/C19H31N3O4/c1-3-4-5-6-7-10-19(24)22(13-16-9-8-11-25-16)14-18(23)20-17-12-15(2)26-21-17/h12,16H,3-11,13-14H2,1-2H3,(H,20,21,23)/t16-/m0/s1. The van der Waals surface area contributed by atoms with Crippen LogP contribution in [0.3, 0.4) is 0 Å². The number of carbonyl (C=O) groups is 2. The maximum absolute atomic E-state index is 12.6. The number of rotatable bonds is 11. The second kappa shape index (κ2) is 11.0. The highest BCUT2D eigenvalue weighted by atomic mass is 16.5. The first-order valence-electron chi connectivity index (χ1n) is 9.71. The van der Waals surface area contributed by atoms with E-state index in [2.05, 4.69) is 17.4 Å². The topological polar surface area (TPSA) is 84.7 Å². The van der Waals surface area contributed by atoms with Gasteiger partial charge in [-0.2, -0.15) is 0 Å². The average Bonchev–Trinajstić information content (AvgIpc) is 3.25. The van der Waals surface area contributed by atoms with Crippen LogP contribution < -0.4 is 5.32 Å². The Balaban J connectivity index is 1.84. The van der Waals surface area contributed by atoms with E-state index < -0.39 is 0 Å². The Morgan fingerprint density at radius 3 is 2.77 bits per heavy atom. The number of hydrogen-bond acceptors (Lipinski definition) is 5. The first-order chi connectivity index (χ1) is 12.6. The molecule has 2 rings (SSSR count). The lowest BCUT2D eigenvalue weighted by atomic mass is 10.1. The van der Waals surface area contributed by atoms with Gasteiger partial charge in [0, 0.05) is 25.6 Å². The fourth-order valence-electron chi connectivity index (χ4n) is 3.11. The fourth-order valence-corrected chi connectivity index (χ4v) is 3.11. The summed E-state index contributed by atoms with van der Waals surface area (Å²) in [6.07, 6.45) is 7.91. The molecule has 0 radical (unpaired) electrons. The number of amides is 2.